The Morgan fingerprint density at radius 3 is 2.62 bits per heavy atom. The molecule has 0 aromatic heterocycles. The van der Waals surface area contributed by atoms with E-state index in [2.05, 4.69) is 34.7 Å². The van der Waals surface area contributed by atoms with Crippen molar-refractivity contribution in [1.29, 1.82) is 0 Å². The van der Waals surface area contributed by atoms with E-state index in [1.54, 1.807) is 14.2 Å². The highest BCUT2D eigenvalue weighted by Gasteiger charge is 2.05. The molecule has 0 heterocycles. The fourth-order valence-electron chi connectivity index (χ4n) is 1.74. The predicted molar refractivity (Wildman–Crippen MR) is 97.8 cm³/mol. The summed E-state index contributed by atoms with van der Waals surface area (Å²) in [5, 5.41) is 6.43. The molecule has 0 amide bonds. The van der Waals surface area contributed by atoms with Gasteiger partial charge in [0.2, 0.25) is 0 Å². The van der Waals surface area contributed by atoms with Gasteiger partial charge in [-0.05, 0) is 25.5 Å². The molecule has 1 rings (SSSR count). The van der Waals surface area contributed by atoms with Crippen molar-refractivity contribution in [2.24, 2.45) is 4.99 Å². The lowest BCUT2D eigenvalue weighted by atomic mass is 10.1. The second kappa shape index (κ2) is 11.6. The van der Waals surface area contributed by atoms with E-state index in [4.69, 9.17) is 9.47 Å². The van der Waals surface area contributed by atoms with Gasteiger partial charge in [0, 0.05) is 32.8 Å². The molecule has 6 heteroatoms. The molecule has 0 atom stereocenters. The number of nitrogens with zero attached hydrogens (tertiary/aromatic N) is 1. The Morgan fingerprint density at radius 1 is 1.24 bits per heavy atom. The van der Waals surface area contributed by atoms with Crippen molar-refractivity contribution in [3.05, 3.63) is 29.3 Å². The molecule has 0 saturated carbocycles. The molecule has 5 nitrogen and oxygen atoms in total. The molecule has 0 radical (unpaired) electrons. The van der Waals surface area contributed by atoms with Crippen LogP contribution in [0.25, 0.3) is 0 Å². The van der Waals surface area contributed by atoms with E-state index in [-0.39, 0.29) is 24.0 Å². The Balaban J connectivity index is 0.00000400. The van der Waals surface area contributed by atoms with E-state index >= 15 is 0 Å². The summed E-state index contributed by atoms with van der Waals surface area (Å²) < 4.78 is 10.8. The highest BCUT2D eigenvalue weighted by molar-refractivity contribution is 14.0. The van der Waals surface area contributed by atoms with Crippen LogP contribution in [0.2, 0.25) is 0 Å². The average Bonchev–Trinajstić information content (AvgIpc) is 2.45. The molecule has 2 N–H and O–H groups in total. The Labute approximate surface area is 144 Å². The van der Waals surface area contributed by atoms with Crippen molar-refractivity contribution in [2.75, 3.05) is 33.9 Å². The first-order valence-corrected chi connectivity index (χ1v) is 6.87. The highest BCUT2D eigenvalue weighted by atomic mass is 127. The predicted octanol–water partition coefficient (Wildman–Crippen LogP) is 2.32. The van der Waals surface area contributed by atoms with Crippen LogP contribution in [0.3, 0.4) is 0 Å². The molecule has 120 valence electrons. The van der Waals surface area contributed by atoms with Gasteiger partial charge in [-0.15, -0.1) is 24.0 Å². The molecule has 0 fully saturated rings. The Hall–Kier alpha value is -1.02. The van der Waals surface area contributed by atoms with Crippen LogP contribution in [-0.4, -0.2) is 39.9 Å². The second-order valence-electron chi connectivity index (χ2n) is 4.41. The summed E-state index contributed by atoms with van der Waals surface area (Å²) in [5.74, 6) is 1.68. The summed E-state index contributed by atoms with van der Waals surface area (Å²) in [5.41, 5.74) is 2.28. The van der Waals surface area contributed by atoms with Crippen molar-refractivity contribution in [2.45, 2.75) is 20.4 Å². The van der Waals surface area contributed by atoms with E-state index in [0.29, 0.717) is 19.8 Å². The minimum atomic E-state index is 0. The molecule has 0 saturated heterocycles. The summed E-state index contributed by atoms with van der Waals surface area (Å²) in [4.78, 5) is 4.15. The third kappa shape index (κ3) is 7.52. The number of nitrogens with one attached hydrogen (secondary N) is 2. The molecular weight excluding hydrogens is 381 g/mol. The van der Waals surface area contributed by atoms with Gasteiger partial charge < -0.3 is 20.1 Å². The summed E-state index contributed by atoms with van der Waals surface area (Å²) in [6.07, 6.45) is 0. The van der Waals surface area contributed by atoms with Gasteiger partial charge in [-0.2, -0.15) is 0 Å². The summed E-state index contributed by atoms with van der Waals surface area (Å²) in [6.45, 7) is 6.73. The van der Waals surface area contributed by atoms with E-state index in [9.17, 15) is 0 Å². The maximum absolute atomic E-state index is 5.76. The normalized spacial score (nSPS) is 10.8. The molecular formula is C15H26IN3O2. The molecule has 0 aliphatic heterocycles. The van der Waals surface area contributed by atoms with E-state index < -0.39 is 0 Å². The number of hydrogen-bond acceptors (Lipinski definition) is 3. The standard InChI is InChI=1S/C15H25N3O2.HI/c1-5-17-15(16-3)18-11-13-7-6-12(2)10-14(13)20-9-8-19-4;/h6-7,10H,5,8-9,11H2,1-4H3,(H2,16,17,18);1H. The van der Waals surface area contributed by atoms with Crippen LogP contribution >= 0.6 is 24.0 Å². The number of halogens is 1. The molecule has 1 aromatic rings. The molecule has 0 spiro atoms. The number of guanidine groups is 1. The van der Waals surface area contributed by atoms with Gasteiger partial charge in [0.15, 0.2) is 5.96 Å². The van der Waals surface area contributed by atoms with Crippen molar-refractivity contribution < 1.29 is 9.47 Å². The van der Waals surface area contributed by atoms with Gasteiger partial charge in [0.25, 0.3) is 0 Å². The smallest absolute Gasteiger partial charge is 0.191 e. The fraction of sp³-hybridized carbons (Fsp3) is 0.533. The van der Waals surface area contributed by atoms with E-state index in [0.717, 1.165) is 23.8 Å². The number of methoxy groups -OCH3 is 1. The van der Waals surface area contributed by atoms with Gasteiger partial charge in [0.05, 0.1) is 6.61 Å². The van der Waals surface area contributed by atoms with Crippen LogP contribution in [0.5, 0.6) is 5.75 Å². The fourth-order valence-corrected chi connectivity index (χ4v) is 1.74. The molecule has 0 unspecified atom stereocenters. The van der Waals surface area contributed by atoms with Crippen LogP contribution < -0.4 is 15.4 Å². The third-order valence-corrected chi connectivity index (χ3v) is 2.78. The lowest BCUT2D eigenvalue weighted by Gasteiger charge is -2.14. The van der Waals surface area contributed by atoms with Gasteiger partial charge in [-0.1, -0.05) is 12.1 Å². The Kier molecular flexibility index (Phi) is 11.1. The highest BCUT2D eigenvalue weighted by Crippen LogP contribution is 2.20. The summed E-state index contributed by atoms with van der Waals surface area (Å²) in [7, 11) is 3.43. The SMILES string of the molecule is CCNC(=NC)NCc1ccc(C)cc1OCCOC.I. The lowest BCUT2D eigenvalue weighted by molar-refractivity contribution is 0.145. The van der Waals surface area contributed by atoms with Crippen LogP contribution in [-0.2, 0) is 11.3 Å². The van der Waals surface area contributed by atoms with Crippen molar-refractivity contribution in [3.63, 3.8) is 0 Å². The average molecular weight is 407 g/mol. The van der Waals surface area contributed by atoms with E-state index in [1.807, 2.05) is 13.0 Å². The number of benzene rings is 1. The maximum atomic E-state index is 5.76. The zero-order valence-corrected chi connectivity index (χ0v) is 15.6. The summed E-state index contributed by atoms with van der Waals surface area (Å²) in [6, 6.07) is 6.20. The van der Waals surface area contributed by atoms with Crippen LogP contribution in [0, 0.1) is 6.92 Å². The molecule has 0 bridgehead atoms. The van der Waals surface area contributed by atoms with Gasteiger partial charge in [-0.25, -0.2) is 0 Å². The quantitative estimate of drug-likeness (QED) is 0.315. The third-order valence-electron chi connectivity index (χ3n) is 2.78. The molecule has 0 aliphatic rings. The Morgan fingerprint density at radius 2 is 2.00 bits per heavy atom. The van der Waals surface area contributed by atoms with Crippen molar-refractivity contribution in [1.82, 2.24) is 10.6 Å². The van der Waals surface area contributed by atoms with Crippen LogP contribution in [0.15, 0.2) is 23.2 Å². The number of rotatable bonds is 7. The zero-order valence-electron chi connectivity index (χ0n) is 13.2. The first-order chi connectivity index (χ1) is 9.71. The first kappa shape index (κ1) is 20.0. The topological polar surface area (TPSA) is 54.9 Å². The number of hydrogen-bond donors (Lipinski definition) is 2. The minimum Gasteiger partial charge on any atom is -0.491 e. The van der Waals surface area contributed by atoms with Crippen molar-refractivity contribution >= 4 is 29.9 Å². The lowest BCUT2D eigenvalue weighted by Crippen LogP contribution is -2.36. The number of aryl methyl sites for hydroxylation is 1. The molecule has 0 aliphatic carbocycles. The number of ether oxygens (including phenoxy) is 2. The Bertz CT molecular complexity index is 439. The van der Waals surface area contributed by atoms with Gasteiger partial charge in [-0.3, -0.25) is 4.99 Å². The van der Waals surface area contributed by atoms with Gasteiger partial charge in [0.1, 0.15) is 12.4 Å². The molecule has 1 aromatic carbocycles. The monoisotopic (exact) mass is 407 g/mol. The number of aliphatic imine (C=N–C) groups is 1. The molecule has 21 heavy (non-hydrogen) atoms. The maximum Gasteiger partial charge on any atom is 0.191 e. The zero-order chi connectivity index (χ0) is 14.8. The van der Waals surface area contributed by atoms with E-state index in [1.165, 1.54) is 5.56 Å². The summed E-state index contributed by atoms with van der Waals surface area (Å²) >= 11 is 0. The minimum absolute atomic E-state index is 0. The van der Waals surface area contributed by atoms with Crippen molar-refractivity contribution in [3.8, 4) is 5.75 Å². The van der Waals surface area contributed by atoms with Gasteiger partial charge >= 0.3 is 0 Å². The largest absolute Gasteiger partial charge is 0.491 e. The first-order valence-electron chi connectivity index (χ1n) is 6.87. The van der Waals surface area contributed by atoms with Crippen LogP contribution in [0.1, 0.15) is 18.1 Å². The van der Waals surface area contributed by atoms with Crippen LogP contribution in [0.4, 0.5) is 0 Å². The second-order valence-corrected chi connectivity index (χ2v) is 4.41.